The average Bonchev–Trinajstić information content (AvgIpc) is 2.55. The molecule has 16 heavy (non-hydrogen) atoms. The molecule has 0 spiro atoms. The lowest BCUT2D eigenvalue weighted by Crippen LogP contribution is -1.84. The first kappa shape index (κ1) is 10.5. The van der Waals surface area contributed by atoms with Gasteiger partial charge in [-0.05, 0) is 25.5 Å². The van der Waals surface area contributed by atoms with Crippen molar-refractivity contribution in [1.29, 1.82) is 0 Å². The van der Waals surface area contributed by atoms with E-state index in [0.29, 0.717) is 5.56 Å². The van der Waals surface area contributed by atoms with Crippen LogP contribution < -0.4 is 0 Å². The Labute approximate surface area is 92.6 Å². The second kappa shape index (κ2) is 3.83. The van der Waals surface area contributed by atoms with Crippen molar-refractivity contribution < 1.29 is 9.90 Å². The van der Waals surface area contributed by atoms with Crippen LogP contribution >= 0.6 is 0 Å². The van der Waals surface area contributed by atoms with Crippen LogP contribution in [0, 0.1) is 13.8 Å². The van der Waals surface area contributed by atoms with Crippen molar-refractivity contribution in [2.45, 2.75) is 20.4 Å². The van der Waals surface area contributed by atoms with E-state index in [4.69, 9.17) is 0 Å². The van der Waals surface area contributed by atoms with Crippen LogP contribution in [0.25, 0.3) is 10.9 Å². The Morgan fingerprint density at radius 3 is 2.88 bits per heavy atom. The number of nitrogens with zero attached hydrogens (tertiary/aromatic N) is 1. The summed E-state index contributed by atoms with van der Waals surface area (Å²) in [7, 11) is 0. The fraction of sp³-hybridized carbons (Fsp3) is 0.250. The van der Waals surface area contributed by atoms with Gasteiger partial charge in [-0.15, -0.1) is 0 Å². The molecule has 2 N–H and O–H groups in total. The molecular weight excluding hydrogens is 204 g/mol. The Hall–Kier alpha value is -2.06. The minimum atomic E-state index is 0.162. The summed E-state index contributed by atoms with van der Waals surface area (Å²) in [6.07, 6.45) is 1.47. The number of hydrogen-bond acceptors (Lipinski definition) is 3. The molecule has 0 aliphatic heterocycles. The number of aryl methyl sites for hydroxylation is 2. The van der Waals surface area contributed by atoms with E-state index in [2.05, 4.69) is 9.98 Å². The Morgan fingerprint density at radius 2 is 2.19 bits per heavy atom. The van der Waals surface area contributed by atoms with Gasteiger partial charge in [-0.1, -0.05) is 6.07 Å². The maximum Gasteiger partial charge on any atom is 0.235 e. The van der Waals surface area contributed by atoms with E-state index >= 15 is 0 Å². The van der Waals surface area contributed by atoms with E-state index < -0.39 is 0 Å². The number of rotatable bonds is 2. The molecule has 0 aliphatic rings. The summed E-state index contributed by atoms with van der Waals surface area (Å²) in [5.74, 6) is 0.193. The van der Waals surface area contributed by atoms with Crippen molar-refractivity contribution in [2.75, 3.05) is 0 Å². The molecule has 0 fully saturated rings. The number of aromatic amines is 1. The molecule has 2 rings (SSSR count). The zero-order chi connectivity index (χ0) is 11.7. The van der Waals surface area contributed by atoms with E-state index in [1.807, 2.05) is 19.9 Å². The molecule has 0 bridgehead atoms. The third-order valence-corrected chi connectivity index (χ3v) is 2.84. The number of fused-ring (bicyclic) bond motifs is 1. The summed E-state index contributed by atoms with van der Waals surface area (Å²) in [5, 5.41) is 10.9. The Balaban J connectivity index is 2.67. The largest absolute Gasteiger partial charge is 0.507 e. The van der Waals surface area contributed by atoms with Crippen LogP contribution in [0.2, 0.25) is 0 Å². The predicted molar refractivity (Wildman–Crippen MR) is 61.3 cm³/mol. The molecule has 1 heterocycles. The van der Waals surface area contributed by atoms with Crippen LogP contribution in [0.3, 0.4) is 0 Å². The van der Waals surface area contributed by atoms with Crippen LogP contribution in [0.5, 0.6) is 5.75 Å². The number of phenolic OH excluding ortho intramolecular Hbond substituents is 1. The van der Waals surface area contributed by atoms with Gasteiger partial charge in [-0.25, -0.2) is 9.79 Å². The van der Waals surface area contributed by atoms with Crippen molar-refractivity contribution in [1.82, 2.24) is 4.98 Å². The Bertz CT molecular complexity index is 593. The Kier molecular flexibility index (Phi) is 2.50. The maximum atomic E-state index is 10.1. The van der Waals surface area contributed by atoms with Gasteiger partial charge in [0.1, 0.15) is 5.75 Å². The van der Waals surface area contributed by atoms with Crippen LogP contribution in [0.4, 0.5) is 0 Å². The highest BCUT2D eigenvalue weighted by Crippen LogP contribution is 2.33. The number of hydrogen-bond donors (Lipinski definition) is 2. The molecule has 2 aromatic rings. The molecule has 4 nitrogen and oxygen atoms in total. The molecule has 0 radical (unpaired) electrons. The summed E-state index contributed by atoms with van der Waals surface area (Å²) in [5.41, 5.74) is 3.58. The van der Waals surface area contributed by atoms with Crippen molar-refractivity contribution in [3.05, 3.63) is 29.0 Å². The van der Waals surface area contributed by atoms with Gasteiger partial charge in [0.05, 0.1) is 6.54 Å². The normalized spacial score (nSPS) is 10.4. The SMILES string of the molecule is Cc1[nH]c2ccc(CN=C=O)c(O)c2c1C. The number of aliphatic imine (C=N–C) groups is 1. The average molecular weight is 216 g/mol. The van der Waals surface area contributed by atoms with Crippen molar-refractivity contribution in [3.63, 3.8) is 0 Å². The predicted octanol–water partition coefficient (Wildman–Crippen LogP) is 2.33. The Morgan fingerprint density at radius 1 is 1.44 bits per heavy atom. The van der Waals surface area contributed by atoms with Gasteiger partial charge in [-0.3, -0.25) is 0 Å². The lowest BCUT2D eigenvalue weighted by Gasteiger charge is -2.02. The molecule has 4 heteroatoms. The quantitative estimate of drug-likeness (QED) is 0.597. The van der Waals surface area contributed by atoms with Crippen molar-refractivity contribution >= 4 is 17.0 Å². The molecule has 0 atom stereocenters. The number of aromatic hydroxyl groups is 1. The highest BCUT2D eigenvalue weighted by Gasteiger charge is 2.11. The monoisotopic (exact) mass is 216 g/mol. The fourth-order valence-corrected chi connectivity index (χ4v) is 1.85. The summed E-state index contributed by atoms with van der Waals surface area (Å²) in [4.78, 5) is 16.7. The number of H-pyrrole nitrogens is 1. The lowest BCUT2D eigenvalue weighted by molar-refractivity contribution is 0.474. The highest BCUT2D eigenvalue weighted by molar-refractivity contribution is 5.91. The number of nitrogens with one attached hydrogen (secondary N) is 1. The van der Waals surface area contributed by atoms with E-state index in [-0.39, 0.29) is 12.3 Å². The number of benzene rings is 1. The van der Waals surface area contributed by atoms with Gasteiger partial charge < -0.3 is 10.1 Å². The van der Waals surface area contributed by atoms with Crippen LogP contribution in [0.15, 0.2) is 17.1 Å². The van der Waals surface area contributed by atoms with Crippen LogP contribution in [-0.2, 0) is 11.3 Å². The summed E-state index contributed by atoms with van der Waals surface area (Å²) in [6.45, 7) is 4.06. The fourth-order valence-electron chi connectivity index (χ4n) is 1.85. The maximum absolute atomic E-state index is 10.1. The first-order chi connectivity index (χ1) is 7.65. The van der Waals surface area contributed by atoms with Gasteiger partial charge in [0.2, 0.25) is 6.08 Å². The van der Waals surface area contributed by atoms with Crippen molar-refractivity contribution in [2.24, 2.45) is 4.99 Å². The molecule has 1 aromatic carbocycles. The minimum absolute atomic E-state index is 0.162. The molecule has 0 saturated heterocycles. The van der Waals surface area contributed by atoms with Gasteiger partial charge in [-0.2, -0.15) is 0 Å². The molecule has 0 unspecified atom stereocenters. The van der Waals surface area contributed by atoms with Crippen LogP contribution in [0.1, 0.15) is 16.8 Å². The number of phenols is 1. The topological polar surface area (TPSA) is 65.5 Å². The molecule has 0 aliphatic carbocycles. The van der Waals surface area contributed by atoms with Gasteiger partial charge in [0.25, 0.3) is 0 Å². The summed E-state index contributed by atoms with van der Waals surface area (Å²) < 4.78 is 0. The van der Waals surface area contributed by atoms with Gasteiger partial charge >= 0.3 is 0 Å². The van der Waals surface area contributed by atoms with E-state index in [1.165, 1.54) is 6.08 Å². The first-order valence-electron chi connectivity index (χ1n) is 4.98. The zero-order valence-corrected chi connectivity index (χ0v) is 9.16. The van der Waals surface area contributed by atoms with Crippen molar-refractivity contribution in [3.8, 4) is 5.75 Å². The van der Waals surface area contributed by atoms with Gasteiger partial charge in [0, 0.05) is 22.2 Å². The number of isocyanates is 1. The second-order valence-electron chi connectivity index (χ2n) is 3.78. The molecule has 1 aromatic heterocycles. The second-order valence-corrected chi connectivity index (χ2v) is 3.78. The van der Waals surface area contributed by atoms with E-state index in [1.54, 1.807) is 6.07 Å². The van der Waals surface area contributed by atoms with Crippen LogP contribution in [-0.4, -0.2) is 16.2 Å². The first-order valence-corrected chi connectivity index (χ1v) is 4.98. The molecule has 0 saturated carbocycles. The van der Waals surface area contributed by atoms with Gasteiger partial charge in [0.15, 0.2) is 0 Å². The van der Waals surface area contributed by atoms with E-state index in [0.717, 1.165) is 22.2 Å². The third kappa shape index (κ3) is 1.49. The zero-order valence-electron chi connectivity index (χ0n) is 9.16. The summed E-state index contributed by atoms with van der Waals surface area (Å²) in [6, 6.07) is 3.64. The standard InChI is InChI=1S/C12H12N2O2/c1-7-8(2)14-10-4-3-9(5-13-6-15)12(16)11(7)10/h3-4,14,16H,5H2,1-2H3. The molecule has 82 valence electrons. The highest BCUT2D eigenvalue weighted by atomic mass is 16.3. The smallest absolute Gasteiger partial charge is 0.235 e. The van der Waals surface area contributed by atoms with E-state index in [9.17, 15) is 9.90 Å². The molecular formula is C12H12N2O2. The lowest BCUT2D eigenvalue weighted by atomic mass is 10.1. The number of aromatic nitrogens is 1. The third-order valence-electron chi connectivity index (χ3n) is 2.84. The number of carbonyl (C=O) groups excluding carboxylic acids is 1. The molecule has 0 amide bonds. The minimum Gasteiger partial charge on any atom is -0.507 e. The summed E-state index contributed by atoms with van der Waals surface area (Å²) >= 11 is 0.